The van der Waals surface area contributed by atoms with Crippen LogP contribution < -0.4 is 11.2 Å². The van der Waals surface area contributed by atoms with E-state index in [1.165, 1.54) is 11.6 Å². The average Bonchev–Trinajstić information content (AvgIpc) is 2.51. The van der Waals surface area contributed by atoms with E-state index < -0.39 is 17.2 Å². The molecule has 112 valence electrons. The summed E-state index contributed by atoms with van der Waals surface area (Å²) in [6, 6.07) is 6.97. The maximum absolute atomic E-state index is 12.2. The van der Waals surface area contributed by atoms with Gasteiger partial charge in [0.2, 0.25) is 0 Å². The molecule has 0 radical (unpaired) electrons. The molecule has 0 atom stereocenters. The van der Waals surface area contributed by atoms with Crippen molar-refractivity contribution < 1.29 is 9.90 Å². The summed E-state index contributed by atoms with van der Waals surface area (Å²) in [5.41, 5.74) is 0.0645. The van der Waals surface area contributed by atoms with Gasteiger partial charge in [-0.3, -0.25) is 18.7 Å². The molecule has 3 rings (SSSR count). The van der Waals surface area contributed by atoms with Gasteiger partial charge in [0.25, 0.3) is 5.56 Å². The molecule has 0 amide bonds. The minimum absolute atomic E-state index is 0.0474. The Morgan fingerprint density at radius 1 is 1.18 bits per heavy atom. The van der Waals surface area contributed by atoms with Gasteiger partial charge in [0, 0.05) is 13.6 Å². The Hall–Kier alpha value is -3.03. The van der Waals surface area contributed by atoms with Crippen LogP contribution in [0.1, 0.15) is 6.42 Å². The lowest BCUT2D eigenvalue weighted by atomic mass is 10.3. The molecule has 0 bridgehead atoms. The van der Waals surface area contributed by atoms with E-state index >= 15 is 0 Å². The third-order valence-corrected chi connectivity index (χ3v) is 3.38. The van der Waals surface area contributed by atoms with Gasteiger partial charge in [-0.1, -0.05) is 12.1 Å². The second kappa shape index (κ2) is 5.06. The summed E-state index contributed by atoms with van der Waals surface area (Å²) in [5, 5.41) is 8.81. The first kappa shape index (κ1) is 13.9. The number of aryl methyl sites for hydroxylation is 1. The average molecular weight is 300 g/mol. The van der Waals surface area contributed by atoms with Crippen LogP contribution in [0.2, 0.25) is 0 Å². The molecule has 8 nitrogen and oxygen atoms in total. The second-order valence-electron chi connectivity index (χ2n) is 4.83. The number of benzene rings is 1. The van der Waals surface area contributed by atoms with Crippen molar-refractivity contribution in [3.8, 4) is 0 Å². The molecule has 3 aromatic rings. The third-order valence-electron chi connectivity index (χ3n) is 3.38. The van der Waals surface area contributed by atoms with Gasteiger partial charge in [0.1, 0.15) is 0 Å². The number of nitrogens with zero attached hydrogens (tertiary/aromatic N) is 4. The fourth-order valence-electron chi connectivity index (χ4n) is 2.25. The molecular weight excluding hydrogens is 288 g/mol. The number of aromatic nitrogens is 4. The Morgan fingerprint density at radius 2 is 1.82 bits per heavy atom. The highest BCUT2D eigenvalue weighted by molar-refractivity contribution is 5.83. The Balaban J connectivity index is 2.41. The maximum Gasteiger partial charge on any atom is 0.332 e. The normalized spacial score (nSPS) is 11.1. The lowest BCUT2D eigenvalue weighted by Crippen LogP contribution is -2.39. The van der Waals surface area contributed by atoms with E-state index in [4.69, 9.17) is 5.11 Å². The van der Waals surface area contributed by atoms with Crippen molar-refractivity contribution in [2.75, 3.05) is 0 Å². The van der Waals surface area contributed by atoms with E-state index in [2.05, 4.69) is 9.97 Å². The molecule has 0 fully saturated rings. The summed E-state index contributed by atoms with van der Waals surface area (Å²) in [4.78, 5) is 43.8. The first-order valence-electron chi connectivity index (χ1n) is 6.57. The monoisotopic (exact) mass is 300 g/mol. The van der Waals surface area contributed by atoms with Crippen molar-refractivity contribution in [2.24, 2.45) is 7.05 Å². The van der Waals surface area contributed by atoms with E-state index in [1.807, 2.05) is 0 Å². The van der Waals surface area contributed by atoms with E-state index in [9.17, 15) is 14.4 Å². The number of aliphatic carboxylic acids is 1. The topological polar surface area (TPSA) is 107 Å². The first-order chi connectivity index (χ1) is 10.5. The molecule has 1 N–H and O–H groups in total. The molecule has 0 saturated carbocycles. The van der Waals surface area contributed by atoms with Crippen LogP contribution in [0.3, 0.4) is 0 Å². The van der Waals surface area contributed by atoms with Crippen LogP contribution in [-0.2, 0) is 18.4 Å². The summed E-state index contributed by atoms with van der Waals surface area (Å²) in [6.07, 6.45) is -0.248. The van der Waals surface area contributed by atoms with E-state index in [0.717, 1.165) is 4.57 Å². The predicted molar refractivity (Wildman–Crippen MR) is 78.8 cm³/mol. The minimum Gasteiger partial charge on any atom is -0.481 e. The van der Waals surface area contributed by atoms with E-state index in [-0.39, 0.29) is 24.1 Å². The van der Waals surface area contributed by atoms with Gasteiger partial charge in [-0.15, -0.1) is 0 Å². The maximum atomic E-state index is 12.2. The molecule has 2 aromatic heterocycles. The zero-order valence-electron chi connectivity index (χ0n) is 11.7. The smallest absolute Gasteiger partial charge is 0.332 e. The zero-order chi connectivity index (χ0) is 15.9. The van der Waals surface area contributed by atoms with Gasteiger partial charge in [-0.25, -0.2) is 14.8 Å². The molecule has 0 aliphatic rings. The summed E-state index contributed by atoms with van der Waals surface area (Å²) in [7, 11) is 1.33. The van der Waals surface area contributed by atoms with Crippen molar-refractivity contribution in [3.05, 3.63) is 45.1 Å². The number of hydrogen-bond acceptors (Lipinski definition) is 5. The molecular formula is C14H12N4O4. The Labute approximate surface area is 123 Å². The third kappa shape index (κ3) is 2.14. The van der Waals surface area contributed by atoms with Crippen molar-refractivity contribution in [3.63, 3.8) is 0 Å². The van der Waals surface area contributed by atoms with Crippen molar-refractivity contribution in [1.29, 1.82) is 0 Å². The van der Waals surface area contributed by atoms with Gasteiger partial charge in [-0.2, -0.15) is 0 Å². The Morgan fingerprint density at radius 3 is 2.45 bits per heavy atom. The minimum atomic E-state index is -1.04. The summed E-state index contributed by atoms with van der Waals surface area (Å²) < 4.78 is 2.08. The standard InChI is InChI=1S/C14H12N4O4/c1-17-13(21)11-12(18(14(17)22)7-6-10(19)20)16-9-5-3-2-4-8(9)15-11/h2-5H,6-7H2,1H3,(H,19,20). The number of carboxylic acids is 1. The van der Waals surface area contributed by atoms with Crippen LogP contribution in [0.15, 0.2) is 33.9 Å². The van der Waals surface area contributed by atoms with E-state index in [1.54, 1.807) is 24.3 Å². The van der Waals surface area contributed by atoms with Crippen LogP contribution in [0.25, 0.3) is 22.2 Å². The molecule has 8 heteroatoms. The second-order valence-corrected chi connectivity index (χ2v) is 4.83. The number of hydrogen-bond donors (Lipinski definition) is 1. The number of rotatable bonds is 3. The van der Waals surface area contributed by atoms with Gasteiger partial charge in [0.05, 0.1) is 17.5 Å². The molecule has 0 aliphatic heterocycles. The highest BCUT2D eigenvalue weighted by Gasteiger charge is 2.15. The van der Waals surface area contributed by atoms with Gasteiger partial charge < -0.3 is 5.11 Å². The predicted octanol–water partition coefficient (Wildman–Crippen LogP) is 0.118. The Kier molecular flexibility index (Phi) is 3.21. The van der Waals surface area contributed by atoms with E-state index in [0.29, 0.717) is 11.0 Å². The van der Waals surface area contributed by atoms with Crippen LogP contribution in [0.5, 0.6) is 0 Å². The molecule has 0 saturated heterocycles. The SMILES string of the molecule is Cn1c(=O)c2nc3ccccc3nc2n(CCC(=O)O)c1=O. The van der Waals surface area contributed by atoms with Crippen LogP contribution >= 0.6 is 0 Å². The number of carbonyl (C=O) groups is 1. The van der Waals surface area contributed by atoms with Gasteiger partial charge in [-0.05, 0) is 12.1 Å². The summed E-state index contributed by atoms with van der Waals surface area (Å²) in [5.74, 6) is -1.04. The zero-order valence-corrected chi connectivity index (χ0v) is 11.7. The number of para-hydroxylation sites is 2. The Bertz CT molecular complexity index is 1020. The van der Waals surface area contributed by atoms with Crippen LogP contribution in [-0.4, -0.2) is 30.2 Å². The quantitative estimate of drug-likeness (QED) is 0.688. The lowest BCUT2D eigenvalue weighted by Gasteiger charge is -2.10. The number of carboxylic acid groups (broad SMARTS) is 1. The van der Waals surface area contributed by atoms with Crippen LogP contribution in [0, 0.1) is 0 Å². The lowest BCUT2D eigenvalue weighted by molar-refractivity contribution is -0.137. The summed E-state index contributed by atoms with van der Waals surface area (Å²) in [6.45, 7) is -0.0776. The molecule has 0 spiro atoms. The molecule has 1 aromatic carbocycles. The molecule has 2 heterocycles. The van der Waals surface area contributed by atoms with Crippen molar-refractivity contribution in [1.82, 2.24) is 19.1 Å². The van der Waals surface area contributed by atoms with Gasteiger partial charge >= 0.3 is 11.7 Å². The number of fused-ring (bicyclic) bond motifs is 2. The van der Waals surface area contributed by atoms with Crippen molar-refractivity contribution in [2.45, 2.75) is 13.0 Å². The first-order valence-corrected chi connectivity index (χ1v) is 6.57. The van der Waals surface area contributed by atoms with Gasteiger partial charge in [0.15, 0.2) is 11.2 Å². The summed E-state index contributed by atoms with van der Waals surface area (Å²) >= 11 is 0. The highest BCUT2D eigenvalue weighted by Crippen LogP contribution is 2.12. The molecule has 0 unspecified atom stereocenters. The molecule has 0 aliphatic carbocycles. The van der Waals surface area contributed by atoms with Crippen LogP contribution in [0.4, 0.5) is 0 Å². The fraction of sp³-hybridized carbons (Fsp3) is 0.214. The highest BCUT2D eigenvalue weighted by atomic mass is 16.4. The largest absolute Gasteiger partial charge is 0.481 e. The molecule has 22 heavy (non-hydrogen) atoms. The fourth-order valence-corrected chi connectivity index (χ4v) is 2.25. The van der Waals surface area contributed by atoms with Crippen molar-refractivity contribution >= 4 is 28.2 Å².